The Labute approximate surface area is 148 Å². The first-order valence-corrected chi connectivity index (χ1v) is 9.59. The molecule has 3 aliphatic rings. The van der Waals surface area contributed by atoms with Crippen LogP contribution in [0.4, 0.5) is 11.4 Å². The second-order valence-corrected chi connectivity index (χ2v) is 7.98. The van der Waals surface area contributed by atoms with Crippen molar-refractivity contribution < 1.29 is 9.59 Å². The molecule has 25 heavy (non-hydrogen) atoms. The van der Waals surface area contributed by atoms with Crippen LogP contribution in [0.25, 0.3) is 0 Å². The Kier molecular flexibility index (Phi) is 4.40. The smallest absolute Gasteiger partial charge is 0.248 e. The van der Waals surface area contributed by atoms with Crippen LogP contribution in [0.1, 0.15) is 55.3 Å². The van der Waals surface area contributed by atoms with Gasteiger partial charge in [-0.1, -0.05) is 6.42 Å². The minimum Gasteiger partial charge on any atom is -0.370 e. The van der Waals surface area contributed by atoms with E-state index >= 15 is 0 Å². The number of fused-ring (bicyclic) bond motifs is 2. The van der Waals surface area contributed by atoms with Crippen molar-refractivity contribution in [1.82, 2.24) is 0 Å². The molecule has 5 nitrogen and oxygen atoms in total. The third kappa shape index (κ3) is 3.37. The van der Waals surface area contributed by atoms with Crippen molar-refractivity contribution in [2.45, 2.75) is 44.9 Å². The summed E-state index contributed by atoms with van der Waals surface area (Å²) >= 11 is 0. The quantitative estimate of drug-likeness (QED) is 0.864. The van der Waals surface area contributed by atoms with Gasteiger partial charge >= 0.3 is 0 Å². The Morgan fingerprint density at radius 3 is 2.60 bits per heavy atom. The fraction of sp³-hybridized carbons (Fsp3) is 0.600. The highest BCUT2D eigenvalue weighted by molar-refractivity contribution is 5.99. The van der Waals surface area contributed by atoms with Gasteiger partial charge in [0, 0.05) is 25.1 Å². The second-order valence-electron chi connectivity index (χ2n) is 7.98. The Balaban J connectivity index is 1.50. The second kappa shape index (κ2) is 6.70. The molecule has 1 aromatic rings. The predicted molar refractivity (Wildman–Crippen MR) is 98.6 cm³/mol. The molecule has 3 fully saturated rings. The molecule has 1 aliphatic heterocycles. The highest BCUT2D eigenvalue weighted by atomic mass is 16.2. The first-order valence-electron chi connectivity index (χ1n) is 9.59. The molecule has 134 valence electrons. The number of nitrogens with zero attached hydrogens (tertiary/aromatic N) is 1. The fourth-order valence-electron chi connectivity index (χ4n) is 5.09. The van der Waals surface area contributed by atoms with Crippen LogP contribution in [-0.2, 0) is 4.79 Å². The Morgan fingerprint density at radius 1 is 1.16 bits per heavy atom. The number of hydrogen-bond donors (Lipinski definition) is 2. The van der Waals surface area contributed by atoms with Crippen LogP contribution in [0.3, 0.4) is 0 Å². The summed E-state index contributed by atoms with van der Waals surface area (Å²) in [5, 5.41) is 3.08. The highest BCUT2D eigenvalue weighted by Gasteiger charge is 2.40. The van der Waals surface area contributed by atoms with Crippen LogP contribution in [0.5, 0.6) is 0 Å². The highest BCUT2D eigenvalue weighted by Crippen LogP contribution is 2.49. The maximum Gasteiger partial charge on any atom is 0.248 e. The summed E-state index contributed by atoms with van der Waals surface area (Å²) < 4.78 is 0. The minimum atomic E-state index is -0.462. The third-order valence-electron chi connectivity index (χ3n) is 6.33. The van der Waals surface area contributed by atoms with Crippen molar-refractivity contribution in [3.8, 4) is 0 Å². The average Bonchev–Trinajstić information content (AvgIpc) is 3.32. The van der Waals surface area contributed by atoms with Gasteiger partial charge in [-0.25, -0.2) is 0 Å². The number of primary amides is 1. The van der Waals surface area contributed by atoms with Crippen molar-refractivity contribution in [2.75, 3.05) is 23.3 Å². The van der Waals surface area contributed by atoms with E-state index in [9.17, 15) is 9.59 Å². The lowest BCUT2D eigenvalue weighted by atomic mass is 9.86. The zero-order chi connectivity index (χ0) is 17.4. The largest absolute Gasteiger partial charge is 0.370 e. The third-order valence-corrected chi connectivity index (χ3v) is 6.33. The van der Waals surface area contributed by atoms with Gasteiger partial charge in [-0.3, -0.25) is 9.59 Å². The SMILES string of the molecule is NC(=O)c1ccc(N2CCCC2)c(NC(=O)C[C@@H]2C[C@H]3CC[C@H]2C3)c1. The molecule has 0 unspecified atom stereocenters. The molecular weight excluding hydrogens is 314 g/mol. The lowest BCUT2D eigenvalue weighted by Gasteiger charge is -2.24. The number of nitrogens with one attached hydrogen (secondary N) is 1. The number of rotatable bonds is 5. The van der Waals surface area contributed by atoms with Crippen molar-refractivity contribution in [1.29, 1.82) is 0 Å². The summed E-state index contributed by atoms with van der Waals surface area (Å²) in [5.41, 5.74) is 7.60. The van der Waals surface area contributed by atoms with Crippen molar-refractivity contribution >= 4 is 23.2 Å². The van der Waals surface area contributed by atoms with Crippen LogP contribution in [0.2, 0.25) is 0 Å². The lowest BCUT2D eigenvalue weighted by Crippen LogP contribution is -2.24. The Morgan fingerprint density at radius 2 is 1.96 bits per heavy atom. The monoisotopic (exact) mass is 341 g/mol. The topological polar surface area (TPSA) is 75.4 Å². The molecule has 3 N–H and O–H groups in total. The van der Waals surface area contributed by atoms with Gasteiger partial charge < -0.3 is 16.0 Å². The van der Waals surface area contributed by atoms with E-state index < -0.39 is 5.91 Å². The Bertz CT molecular complexity index is 682. The number of hydrogen-bond acceptors (Lipinski definition) is 3. The molecule has 2 amide bonds. The van der Waals surface area contributed by atoms with E-state index in [1.807, 2.05) is 6.07 Å². The molecule has 3 atom stereocenters. The lowest BCUT2D eigenvalue weighted by molar-refractivity contribution is -0.117. The van der Waals surface area contributed by atoms with Gasteiger partial charge in [0.1, 0.15) is 0 Å². The van der Waals surface area contributed by atoms with Crippen LogP contribution in [0, 0.1) is 17.8 Å². The van der Waals surface area contributed by atoms with Crippen LogP contribution in [-0.4, -0.2) is 24.9 Å². The first kappa shape index (κ1) is 16.4. The summed E-state index contributed by atoms with van der Waals surface area (Å²) in [6, 6.07) is 5.40. The molecule has 0 aromatic heterocycles. The van der Waals surface area contributed by atoms with Gasteiger partial charge in [0.15, 0.2) is 0 Å². The van der Waals surface area contributed by atoms with E-state index in [0.29, 0.717) is 17.9 Å². The van der Waals surface area contributed by atoms with Crippen LogP contribution < -0.4 is 16.0 Å². The molecule has 0 radical (unpaired) electrons. The fourth-order valence-corrected chi connectivity index (χ4v) is 5.09. The van der Waals surface area contributed by atoms with Gasteiger partial charge in [0.05, 0.1) is 11.4 Å². The predicted octanol–water partition coefficient (Wildman–Crippen LogP) is 3.15. The van der Waals surface area contributed by atoms with Crippen LogP contribution >= 0.6 is 0 Å². The summed E-state index contributed by atoms with van der Waals surface area (Å²) in [5.74, 6) is 1.73. The molecule has 0 spiro atoms. The Hall–Kier alpha value is -2.04. The molecule has 2 bridgehead atoms. The molecule has 1 heterocycles. The zero-order valence-electron chi connectivity index (χ0n) is 14.7. The summed E-state index contributed by atoms with van der Waals surface area (Å²) in [6.45, 7) is 1.98. The number of anilines is 2. The maximum atomic E-state index is 12.6. The van der Waals surface area contributed by atoms with Gasteiger partial charge in [-0.15, -0.1) is 0 Å². The number of carbonyl (C=O) groups excluding carboxylic acids is 2. The summed E-state index contributed by atoms with van der Waals surface area (Å²) in [6.07, 6.45) is 8.08. The molecule has 5 heteroatoms. The van der Waals surface area contributed by atoms with E-state index in [4.69, 9.17) is 5.73 Å². The normalized spacial score (nSPS) is 27.7. The van der Waals surface area contributed by atoms with E-state index in [1.165, 1.54) is 25.7 Å². The number of carbonyl (C=O) groups is 2. The summed E-state index contributed by atoms with van der Waals surface area (Å²) in [7, 11) is 0. The zero-order valence-corrected chi connectivity index (χ0v) is 14.7. The molecule has 4 rings (SSSR count). The van der Waals surface area contributed by atoms with Crippen molar-refractivity contribution in [3.05, 3.63) is 23.8 Å². The van der Waals surface area contributed by atoms with E-state index in [0.717, 1.165) is 49.1 Å². The average molecular weight is 341 g/mol. The van der Waals surface area contributed by atoms with E-state index in [-0.39, 0.29) is 5.91 Å². The molecule has 2 saturated carbocycles. The number of benzene rings is 1. The molecule has 1 saturated heterocycles. The van der Waals surface area contributed by atoms with Gasteiger partial charge in [0.25, 0.3) is 0 Å². The van der Waals surface area contributed by atoms with Gasteiger partial charge in [-0.2, -0.15) is 0 Å². The van der Waals surface area contributed by atoms with Gasteiger partial charge in [-0.05, 0) is 68.1 Å². The number of amides is 2. The maximum absolute atomic E-state index is 12.6. The molecular formula is C20H27N3O2. The van der Waals surface area contributed by atoms with Crippen LogP contribution in [0.15, 0.2) is 18.2 Å². The minimum absolute atomic E-state index is 0.0691. The molecule has 1 aromatic carbocycles. The number of nitrogens with two attached hydrogens (primary N) is 1. The van der Waals surface area contributed by atoms with E-state index in [2.05, 4.69) is 10.2 Å². The molecule has 2 aliphatic carbocycles. The first-order chi connectivity index (χ1) is 12.1. The van der Waals surface area contributed by atoms with Gasteiger partial charge in [0.2, 0.25) is 11.8 Å². The van der Waals surface area contributed by atoms with Crippen molar-refractivity contribution in [3.63, 3.8) is 0 Å². The standard InChI is InChI=1S/C20H27N3O2/c21-20(25)15-5-6-18(23-7-1-2-8-23)17(11-15)22-19(24)12-16-10-13-3-4-14(16)9-13/h5-6,11,13-14,16H,1-4,7-10,12H2,(H2,21,25)(H,22,24)/t13-,14-,16-/m0/s1. The summed E-state index contributed by atoms with van der Waals surface area (Å²) in [4.78, 5) is 26.5. The van der Waals surface area contributed by atoms with Crippen molar-refractivity contribution in [2.24, 2.45) is 23.5 Å². The van der Waals surface area contributed by atoms with E-state index in [1.54, 1.807) is 12.1 Å².